The molecule has 0 saturated carbocycles. The van der Waals surface area contributed by atoms with Crippen LogP contribution in [-0.2, 0) is 26.2 Å². The van der Waals surface area contributed by atoms with Gasteiger partial charge in [0.15, 0.2) is 0 Å². The van der Waals surface area contributed by atoms with Crippen molar-refractivity contribution < 1.29 is 31.1 Å². The normalized spacial score (nSPS) is 12.3. The van der Waals surface area contributed by atoms with Crippen molar-refractivity contribution in [2.45, 2.75) is 6.92 Å². The smallest absolute Gasteiger partial charge is 0.316 e. The predicted octanol–water partition coefficient (Wildman–Crippen LogP) is 0.402. The van der Waals surface area contributed by atoms with Gasteiger partial charge in [-0.25, -0.2) is 0 Å². The summed E-state index contributed by atoms with van der Waals surface area (Å²) in [5.41, 5.74) is 0. The van der Waals surface area contributed by atoms with Crippen LogP contribution in [0.4, 0.5) is 0 Å². The van der Waals surface area contributed by atoms with E-state index in [4.69, 9.17) is 4.89 Å². The molecule has 0 aromatic heterocycles. The summed E-state index contributed by atoms with van der Waals surface area (Å²) in [6.45, 7) is 1.98. The molecular formula is C2H7FeO3P. The van der Waals surface area contributed by atoms with E-state index in [1.807, 2.05) is 0 Å². The van der Waals surface area contributed by atoms with Gasteiger partial charge >= 0.3 is 8.25 Å². The molecule has 7 heavy (non-hydrogen) atoms. The van der Waals surface area contributed by atoms with Crippen molar-refractivity contribution in [2.75, 3.05) is 6.61 Å². The molecule has 1 unspecified atom stereocenters. The van der Waals surface area contributed by atoms with Crippen molar-refractivity contribution in [2.24, 2.45) is 0 Å². The molecule has 0 amide bonds. The third-order valence-electron chi connectivity index (χ3n) is 0.268. The van der Waals surface area contributed by atoms with Gasteiger partial charge in [-0.15, -0.1) is 0 Å². The molecule has 0 radical (unpaired) electrons. The second-order valence-electron chi connectivity index (χ2n) is 0.699. The van der Waals surface area contributed by atoms with Gasteiger partial charge in [0.05, 0.1) is 6.61 Å². The zero-order valence-electron chi connectivity index (χ0n) is 3.82. The van der Waals surface area contributed by atoms with Crippen LogP contribution < -0.4 is 0 Å². The summed E-state index contributed by atoms with van der Waals surface area (Å²) in [5.74, 6) is 0. The quantitative estimate of drug-likeness (QED) is 0.477. The van der Waals surface area contributed by atoms with Crippen molar-refractivity contribution in [3.05, 3.63) is 0 Å². The second kappa shape index (κ2) is 6.67. The first-order chi connectivity index (χ1) is 2.77. The first kappa shape index (κ1) is 10.6. The van der Waals surface area contributed by atoms with E-state index in [0.717, 1.165) is 0 Å². The van der Waals surface area contributed by atoms with Gasteiger partial charge in [-0.1, -0.05) is 0 Å². The first-order valence-corrected chi connectivity index (χ1v) is 2.89. The molecule has 0 spiro atoms. The van der Waals surface area contributed by atoms with Gasteiger partial charge in [0, 0.05) is 17.1 Å². The van der Waals surface area contributed by atoms with Gasteiger partial charge in [0.25, 0.3) is 0 Å². The van der Waals surface area contributed by atoms with Crippen LogP contribution in [0.5, 0.6) is 0 Å². The fourth-order valence-electron chi connectivity index (χ4n) is 0.123. The molecule has 1 atom stereocenters. The molecule has 0 bridgehead atoms. The number of hydrogen-bond acceptors (Lipinski definition) is 2. The van der Waals surface area contributed by atoms with Crippen LogP contribution in [0.3, 0.4) is 0 Å². The van der Waals surface area contributed by atoms with Crippen molar-refractivity contribution in [3.63, 3.8) is 0 Å². The van der Waals surface area contributed by atoms with Crippen LogP contribution in [0.1, 0.15) is 6.92 Å². The van der Waals surface area contributed by atoms with Crippen LogP contribution in [0.15, 0.2) is 0 Å². The van der Waals surface area contributed by atoms with E-state index in [-0.39, 0.29) is 17.1 Å². The molecule has 0 fully saturated rings. The Morgan fingerprint density at radius 3 is 2.29 bits per heavy atom. The Kier molecular flexibility index (Phi) is 10.1. The first-order valence-electron chi connectivity index (χ1n) is 1.63. The molecule has 46 valence electrons. The van der Waals surface area contributed by atoms with E-state index in [1.54, 1.807) is 6.92 Å². The van der Waals surface area contributed by atoms with E-state index in [2.05, 4.69) is 4.52 Å². The fourth-order valence-corrected chi connectivity index (χ4v) is 0.370. The molecule has 1 N–H and O–H groups in total. The second-order valence-corrected chi connectivity index (χ2v) is 1.52. The average molecular weight is 166 g/mol. The van der Waals surface area contributed by atoms with Gasteiger partial charge in [-0.3, -0.25) is 4.57 Å². The molecular weight excluding hydrogens is 159 g/mol. The third kappa shape index (κ3) is 10.8. The zero-order chi connectivity index (χ0) is 4.99. The van der Waals surface area contributed by atoms with Crippen molar-refractivity contribution in [1.82, 2.24) is 0 Å². The van der Waals surface area contributed by atoms with Crippen molar-refractivity contribution in [1.29, 1.82) is 0 Å². The molecule has 0 aliphatic rings. The maximum absolute atomic E-state index is 9.56. The zero-order valence-corrected chi connectivity index (χ0v) is 5.93. The Morgan fingerprint density at radius 1 is 1.86 bits per heavy atom. The van der Waals surface area contributed by atoms with Crippen molar-refractivity contribution in [3.8, 4) is 0 Å². The van der Waals surface area contributed by atoms with Crippen LogP contribution in [0.2, 0.25) is 0 Å². The third-order valence-corrected chi connectivity index (χ3v) is 0.803. The molecule has 0 saturated heterocycles. The molecule has 5 heteroatoms. The van der Waals surface area contributed by atoms with E-state index in [9.17, 15) is 4.57 Å². The Morgan fingerprint density at radius 2 is 2.29 bits per heavy atom. The largest absolute Gasteiger partial charge is 0.326 e. The molecule has 3 nitrogen and oxygen atoms in total. The minimum atomic E-state index is -2.64. The summed E-state index contributed by atoms with van der Waals surface area (Å²) < 4.78 is 13.7. The van der Waals surface area contributed by atoms with Crippen LogP contribution in [-0.4, -0.2) is 11.5 Å². The van der Waals surface area contributed by atoms with E-state index in [1.165, 1.54) is 0 Å². The summed E-state index contributed by atoms with van der Waals surface area (Å²) in [5, 5.41) is 0. The maximum atomic E-state index is 9.56. The van der Waals surface area contributed by atoms with Gasteiger partial charge in [0.2, 0.25) is 0 Å². The van der Waals surface area contributed by atoms with Gasteiger partial charge in [0.1, 0.15) is 0 Å². The van der Waals surface area contributed by atoms with Crippen LogP contribution >= 0.6 is 8.25 Å². The van der Waals surface area contributed by atoms with Crippen LogP contribution in [0, 0.1) is 0 Å². The fraction of sp³-hybridized carbons (Fsp3) is 1.00. The molecule has 0 aliphatic carbocycles. The monoisotopic (exact) mass is 166 g/mol. The van der Waals surface area contributed by atoms with Gasteiger partial charge < -0.3 is 9.42 Å². The Balaban J connectivity index is 0. The Labute approximate surface area is 53.5 Å². The summed E-state index contributed by atoms with van der Waals surface area (Å²) in [6, 6.07) is 0. The average Bonchev–Trinajstić information content (AvgIpc) is 1.35. The Hall–Kier alpha value is 0.669. The standard InChI is InChI=1S/C2H7O3P.Fe/c1-2-5-6(3)4;/h6H,2H2,1H3,(H,3,4);. The maximum Gasteiger partial charge on any atom is 0.316 e. The van der Waals surface area contributed by atoms with E-state index >= 15 is 0 Å². The van der Waals surface area contributed by atoms with Gasteiger partial charge in [-0.05, 0) is 6.92 Å². The summed E-state index contributed by atoms with van der Waals surface area (Å²) >= 11 is 0. The molecule has 0 aromatic carbocycles. The van der Waals surface area contributed by atoms with E-state index < -0.39 is 8.25 Å². The molecule has 0 rings (SSSR count). The summed E-state index contributed by atoms with van der Waals surface area (Å²) in [6.07, 6.45) is 0. The predicted molar refractivity (Wildman–Crippen MR) is 22.8 cm³/mol. The molecule has 0 aliphatic heterocycles. The number of hydrogen-bond donors (Lipinski definition) is 1. The molecule has 0 aromatic rings. The SMILES string of the molecule is CCO[PH](=O)O.[Fe]. The summed E-state index contributed by atoms with van der Waals surface area (Å²) in [4.78, 5) is 7.88. The van der Waals surface area contributed by atoms with Crippen LogP contribution in [0.25, 0.3) is 0 Å². The van der Waals surface area contributed by atoms with Crippen molar-refractivity contribution >= 4 is 8.25 Å². The minimum absolute atomic E-state index is 0. The van der Waals surface area contributed by atoms with Gasteiger partial charge in [-0.2, -0.15) is 0 Å². The summed E-state index contributed by atoms with van der Waals surface area (Å²) in [7, 11) is -2.64. The number of rotatable bonds is 2. The minimum Gasteiger partial charge on any atom is -0.326 e. The topological polar surface area (TPSA) is 46.5 Å². The Bertz CT molecular complexity index is 56.9. The van der Waals surface area contributed by atoms with E-state index in [0.29, 0.717) is 6.61 Å². The molecule has 0 heterocycles.